The second-order valence-corrected chi connectivity index (χ2v) is 10.4. The monoisotopic (exact) mass is 343 g/mol. The van der Waals surface area contributed by atoms with Crippen molar-refractivity contribution < 1.29 is 4.79 Å². The predicted molar refractivity (Wildman–Crippen MR) is 103 cm³/mol. The number of fused-ring (bicyclic) bond motifs is 5. The van der Waals surface area contributed by atoms with Gasteiger partial charge in [-0.15, -0.1) is 0 Å². The largest absolute Gasteiger partial charge is 0.306 e. The van der Waals surface area contributed by atoms with Crippen molar-refractivity contribution in [3.05, 3.63) is 11.6 Å². The van der Waals surface area contributed by atoms with Crippen LogP contribution >= 0.6 is 0 Å². The molecule has 0 bridgehead atoms. The molecule has 4 aliphatic rings. The van der Waals surface area contributed by atoms with E-state index in [2.05, 4.69) is 38.9 Å². The van der Waals surface area contributed by atoms with E-state index in [0.717, 1.165) is 30.2 Å². The number of nitrogens with zero attached hydrogens (tertiary/aromatic N) is 1. The average molecular weight is 344 g/mol. The smallest absolute Gasteiger partial charge is 0.133 e. The molecule has 25 heavy (non-hydrogen) atoms. The van der Waals surface area contributed by atoms with Crippen LogP contribution in [0, 0.1) is 34.5 Å². The van der Waals surface area contributed by atoms with E-state index in [1.165, 1.54) is 44.9 Å². The summed E-state index contributed by atoms with van der Waals surface area (Å²) in [4.78, 5) is 14.7. The van der Waals surface area contributed by atoms with E-state index in [1.54, 1.807) is 5.57 Å². The molecule has 0 N–H and O–H groups in total. The van der Waals surface area contributed by atoms with E-state index in [-0.39, 0.29) is 5.41 Å². The summed E-state index contributed by atoms with van der Waals surface area (Å²) < 4.78 is 0. The molecule has 4 aliphatic carbocycles. The van der Waals surface area contributed by atoms with E-state index < -0.39 is 0 Å². The highest BCUT2D eigenvalue weighted by Crippen LogP contribution is 2.66. The maximum Gasteiger partial charge on any atom is 0.133 e. The van der Waals surface area contributed by atoms with Crippen LogP contribution in [0.15, 0.2) is 11.6 Å². The number of allylic oxidation sites excluding steroid dienone is 1. The summed E-state index contributed by atoms with van der Waals surface area (Å²) in [5.41, 5.74) is 2.49. The molecule has 0 amide bonds. The number of ketones is 1. The van der Waals surface area contributed by atoms with E-state index in [9.17, 15) is 4.79 Å². The summed E-state index contributed by atoms with van der Waals surface area (Å²) in [5, 5.41) is 0. The van der Waals surface area contributed by atoms with Gasteiger partial charge in [-0.1, -0.05) is 25.5 Å². The van der Waals surface area contributed by atoms with Crippen molar-refractivity contribution in [2.75, 3.05) is 14.1 Å². The van der Waals surface area contributed by atoms with Gasteiger partial charge in [0.1, 0.15) is 5.78 Å². The van der Waals surface area contributed by atoms with Crippen LogP contribution in [0.2, 0.25) is 0 Å². The highest BCUT2D eigenvalue weighted by atomic mass is 16.1. The van der Waals surface area contributed by atoms with Crippen LogP contribution in [0.3, 0.4) is 0 Å². The molecule has 140 valence electrons. The SMILES string of the molecule is CC(=O)C1CCC2C3CC=C4CC(N(C)C)CCC4(C)C3CCC12C. The molecule has 0 heterocycles. The van der Waals surface area contributed by atoms with Gasteiger partial charge in [-0.25, -0.2) is 0 Å². The van der Waals surface area contributed by atoms with Crippen LogP contribution in [-0.2, 0) is 4.79 Å². The Balaban J connectivity index is 1.62. The highest BCUT2D eigenvalue weighted by Gasteiger charge is 2.59. The average Bonchev–Trinajstić information content (AvgIpc) is 2.91. The quantitative estimate of drug-likeness (QED) is 0.651. The van der Waals surface area contributed by atoms with Gasteiger partial charge >= 0.3 is 0 Å². The number of hydrogen-bond donors (Lipinski definition) is 0. The summed E-state index contributed by atoms with van der Waals surface area (Å²) >= 11 is 0. The number of rotatable bonds is 2. The molecule has 2 nitrogen and oxygen atoms in total. The molecule has 0 saturated heterocycles. The molecule has 0 spiro atoms. The normalized spacial score (nSPS) is 49.2. The summed E-state index contributed by atoms with van der Waals surface area (Å²) in [6, 6.07) is 0.735. The third-order valence-electron chi connectivity index (χ3n) is 9.30. The van der Waals surface area contributed by atoms with Crippen molar-refractivity contribution in [3.63, 3.8) is 0 Å². The molecule has 7 atom stereocenters. The fourth-order valence-electron chi connectivity index (χ4n) is 7.75. The second-order valence-electron chi connectivity index (χ2n) is 10.4. The van der Waals surface area contributed by atoms with Gasteiger partial charge in [0, 0.05) is 12.0 Å². The molecule has 0 radical (unpaired) electrons. The van der Waals surface area contributed by atoms with Crippen molar-refractivity contribution in [1.29, 1.82) is 0 Å². The summed E-state index contributed by atoms with van der Waals surface area (Å²) in [6.07, 6.45) is 13.0. The van der Waals surface area contributed by atoms with Gasteiger partial charge in [-0.3, -0.25) is 4.79 Å². The lowest BCUT2D eigenvalue weighted by atomic mass is 9.47. The zero-order chi connectivity index (χ0) is 18.0. The minimum atomic E-state index is 0.287. The van der Waals surface area contributed by atoms with Crippen LogP contribution in [-0.4, -0.2) is 30.8 Å². The van der Waals surface area contributed by atoms with E-state index in [1.807, 2.05) is 6.92 Å². The first kappa shape index (κ1) is 17.8. The van der Waals surface area contributed by atoms with E-state index in [4.69, 9.17) is 0 Å². The van der Waals surface area contributed by atoms with Crippen molar-refractivity contribution >= 4 is 5.78 Å². The fourth-order valence-corrected chi connectivity index (χ4v) is 7.75. The van der Waals surface area contributed by atoms with Gasteiger partial charge in [0.15, 0.2) is 0 Å². The molecule has 7 unspecified atom stereocenters. The van der Waals surface area contributed by atoms with Crippen molar-refractivity contribution in [2.45, 2.75) is 78.2 Å². The topological polar surface area (TPSA) is 20.3 Å². The van der Waals surface area contributed by atoms with Gasteiger partial charge < -0.3 is 4.90 Å². The zero-order valence-electron chi connectivity index (χ0n) is 17.0. The third-order valence-corrected chi connectivity index (χ3v) is 9.30. The van der Waals surface area contributed by atoms with Crippen LogP contribution in [0.25, 0.3) is 0 Å². The molecular formula is C23H37NO. The molecule has 3 saturated carbocycles. The Labute approximate surface area is 154 Å². The van der Waals surface area contributed by atoms with Crippen molar-refractivity contribution in [2.24, 2.45) is 34.5 Å². The van der Waals surface area contributed by atoms with Crippen molar-refractivity contribution in [3.8, 4) is 0 Å². The third kappa shape index (κ3) is 2.50. The first-order valence-electron chi connectivity index (χ1n) is 10.6. The fraction of sp³-hybridized carbons (Fsp3) is 0.870. The molecule has 4 rings (SSSR count). The molecule has 0 aromatic rings. The standard InChI is InChI=1S/C23H37NO/c1-15(25)19-8-9-20-18-7-6-16-14-17(24(4)5)10-12-22(16,2)21(18)11-13-23(19,20)3/h6,17-21H,7-14H2,1-5H3. The zero-order valence-corrected chi connectivity index (χ0v) is 17.0. The lowest BCUT2D eigenvalue weighted by molar-refractivity contribution is -0.127. The lowest BCUT2D eigenvalue weighted by Gasteiger charge is -2.58. The minimum Gasteiger partial charge on any atom is -0.306 e. The summed E-state index contributed by atoms with van der Waals surface area (Å²) in [6.45, 7) is 6.88. The lowest BCUT2D eigenvalue weighted by Crippen LogP contribution is -2.51. The van der Waals surface area contributed by atoms with Gasteiger partial charge in [-0.2, -0.15) is 0 Å². The van der Waals surface area contributed by atoms with Crippen LogP contribution in [0.5, 0.6) is 0 Å². The Morgan fingerprint density at radius 3 is 2.52 bits per heavy atom. The molecule has 0 aromatic heterocycles. The first-order chi connectivity index (χ1) is 11.8. The number of hydrogen-bond acceptors (Lipinski definition) is 2. The van der Waals surface area contributed by atoms with Crippen LogP contribution in [0.4, 0.5) is 0 Å². The van der Waals surface area contributed by atoms with Gasteiger partial charge in [-0.05, 0) is 101 Å². The molecule has 0 aromatic carbocycles. The highest BCUT2D eigenvalue weighted by molar-refractivity contribution is 5.79. The Morgan fingerprint density at radius 1 is 1.08 bits per heavy atom. The molecule has 3 fully saturated rings. The van der Waals surface area contributed by atoms with E-state index in [0.29, 0.717) is 17.1 Å². The first-order valence-corrected chi connectivity index (χ1v) is 10.6. The number of carbonyl (C=O) groups excluding carboxylic acids is 1. The van der Waals surface area contributed by atoms with Gasteiger partial charge in [0.25, 0.3) is 0 Å². The number of carbonyl (C=O) groups is 1. The molecular weight excluding hydrogens is 306 g/mol. The Hall–Kier alpha value is -0.630. The summed E-state index contributed by atoms with van der Waals surface area (Å²) in [7, 11) is 4.48. The van der Waals surface area contributed by atoms with Gasteiger partial charge in [0.05, 0.1) is 0 Å². The second kappa shape index (κ2) is 5.94. The molecule has 0 aliphatic heterocycles. The number of Topliss-reactive ketones (excluding diaryl/α,β-unsaturated/α-hetero) is 1. The van der Waals surface area contributed by atoms with Crippen LogP contribution in [0.1, 0.15) is 72.1 Å². The predicted octanol–water partition coefficient (Wildman–Crippen LogP) is 5.08. The van der Waals surface area contributed by atoms with Gasteiger partial charge in [0.2, 0.25) is 0 Å². The maximum absolute atomic E-state index is 12.2. The van der Waals surface area contributed by atoms with Crippen molar-refractivity contribution in [1.82, 2.24) is 4.90 Å². The Bertz CT molecular complexity index is 593. The summed E-state index contributed by atoms with van der Waals surface area (Å²) in [5.74, 6) is 3.25. The molecule has 2 heteroatoms. The minimum absolute atomic E-state index is 0.287. The van der Waals surface area contributed by atoms with E-state index >= 15 is 0 Å². The maximum atomic E-state index is 12.2. The van der Waals surface area contributed by atoms with Crippen LogP contribution < -0.4 is 0 Å². The Morgan fingerprint density at radius 2 is 1.84 bits per heavy atom. The Kier molecular flexibility index (Phi) is 4.22.